The van der Waals surface area contributed by atoms with Crippen molar-refractivity contribution in [1.82, 2.24) is 14.5 Å². The first kappa shape index (κ1) is 14.9. The van der Waals surface area contributed by atoms with Crippen molar-refractivity contribution in [2.75, 3.05) is 12.0 Å². The van der Waals surface area contributed by atoms with E-state index in [1.54, 1.807) is 6.20 Å². The third-order valence-electron chi connectivity index (χ3n) is 2.98. The smallest absolute Gasteiger partial charge is 0.160 e. The topological polar surface area (TPSA) is 30.7 Å². The Hall–Kier alpha value is -0.450. The summed E-state index contributed by atoms with van der Waals surface area (Å²) in [6, 6.07) is 1.84. The molecule has 0 aliphatic rings. The molecule has 2 rings (SSSR count). The van der Waals surface area contributed by atoms with E-state index in [-0.39, 0.29) is 0 Å². The van der Waals surface area contributed by atoms with Gasteiger partial charge < -0.3 is 4.57 Å². The van der Waals surface area contributed by atoms with Crippen molar-refractivity contribution in [3.63, 3.8) is 0 Å². The standard InChI is InChI=1S/C13H17Cl2N3S/c1-19-6-4-2-3-5-18-12(8-14)17-11-7-10(15)9-16-13(11)18/h7,9H,2-6,8H2,1H3. The molecule has 0 atom stereocenters. The van der Waals surface area contributed by atoms with Crippen LogP contribution < -0.4 is 0 Å². The molecule has 2 heterocycles. The summed E-state index contributed by atoms with van der Waals surface area (Å²) in [5.74, 6) is 2.50. The number of unbranched alkanes of at least 4 members (excludes halogenated alkanes) is 2. The molecule has 2 aromatic rings. The highest BCUT2D eigenvalue weighted by atomic mass is 35.5. The van der Waals surface area contributed by atoms with Crippen LogP contribution in [0.2, 0.25) is 5.02 Å². The molecule has 0 amide bonds. The summed E-state index contributed by atoms with van der Waals surface area (Å²) in [4.78, 5) is 8.86. The fraction of sp³-hybridized carbons (Fsp3) is 0.538. The number of nitrogens with zero attached hydrogens (tertiary/aromatic N) is 3. The lowest BCUT2D eigenvalue weighted by molar-refractivity contribution is 0.599. The SMILES string of the molecule is CSCCCCCn1c(CCl)nc2cc(Cl)cnc21. The largest absolute Gasteiger partial charge is 0.312 e. The lowest BCUT2D eigenvalue weighted by Crippen LogP contribution is -2.03. The van der Waals surface area contributed by atoms with Crippen molar-refractivity contribution >= 4 is 46.1 Å². The van der Waals surface area contributed by atoms with E-state index in [0.717, 1.165) is 30.0 Å². The van der Waals surface area contributed by atoms with E-state index in [0.29, 0.717) is 10.9 Å². The molecule has 19 heavy (non-hydrogen) atoms. The molecule has 2 aromatic heterocycles. The predicted octanol–water partition coefficient (Wildman–Crippen LogP) is 4.36. The minimum atomic E-state index is 0.402. The van der Waals surface area contributed by atoms with Gasteiger partial charge in [-0.3, -0.25) is 0 Å². The third kappa shape index (κ3) is 3.77. The van der Waals surface area contributed by atoms with Gasteiger partial charge in [0.15, 0.2) is 5.65 Å². The Bertz CT molecular complexity index is 542. The van der Waals surface area contributed by atoms with Crippen molar-refractivity contribution in [3.8, 4) is 0 Å². The number of aromatic nitrogens is 3. The van der Waals surface area contributed by atoms with E-state index >= 15 is 0 Å². The summed E-state index contributed by atoms with van der Waals surface area (Å²) in [7, 11) is 0. The first-order chi connectivity index (χ1) is 9.26. The average molecular weight is 318 g/mol. The number of halogens is 2. The molecule has 6 heteroatoms. The summed E-state index contributed by atoms with van der Waals surface area (Å²) in [6.45, 7) is 0.918. The molecule has 0 bridgehead atoms. The molecule has 104 valence electrons. The molecule has 0 saturated carbocycles. The zero-order valence-electron chi connectivity index (χ0n) is 10.9. The van der Waals surface area contributed by atoms with Crippen LogP contribution in [0.5, 0.6) is 0 Å². The third-order valence-corrected chi connectivity index (χ3v) is 4.12. The first-order valence-corrected chi connectivity index (χ1v) is 8.62. The van der Waals surface area contributed by atoms with Crippen molar-refractivity contribution < 1.29 is 0 Å². The molecule has 0 aliphatic heterocycles. The number of imidazole rings is 1. The molecule has 0 spiro atoms. The van der Waals surface area contributed by atoms with Gasteiger partial charge in [-0.15, -0.1) is 11.6 Å². The maximum Gasteiger partial charge on any atom is 0.160 e. The van der Waals surface area contributed by atoms with Crippen LogP contribution in [0.3, 0.4) is 0 Å². The molecular formula is C13H17Cl2N3S. The molecule has 0 aliphatic carbocycles. The van der Waals surface area contributed by atoms with Crippen molar-refractivity contribution in [2.24, 2.45) is 0 Å². The number of aryl methyl sites for hydroxylation is 1. The summed E-state index contributed by atoms with van der Waals surface area (Å²) < 4.78 is 2.11. The quantitative estimate of drug-likeness (QED) is 0.561. The molecule has 0 unspecified atom stereocenters. The summed E-state index contributed by atoms with van der Waals surface area (Å²) in [5, 5.41) is 0.609. The minimum absolute atomic E-state index is 0.402. The van der Waals surface area contributed by atoms with Gasteiger partial charge in [0.1, 0.15) is 11.3 Å². The highest BCUT2D eigenvalue weighted by Crippen LogP contribution is 2.20. The molecule has 0 fully saturated rings. The summed E-state index contributed by atoms with van der Waals surface area (Å²) in [5.41, 5.74) is 1.71. The van der Waals surface area contributed by atoms with Crippen LogP contribution in [-0.4, -0.2) is 26.5 Å². The van der Waals surface area contributed by atoms with Crippen LogP contribution in [0.25, 0.3) is 11.2 Å². The Kier molecular flexibility index (Phi) is 5.79. The normalized spacial score (nSPS) is 11.3. The van der Waals surface area contributed by atoms with E-state index in [2.05, 4.69) is 20.8 Å². The van der Waals surface area contributed by atoms with Gasteiger partial charge in [0, 0.05) is 12.7 Å². The number of thioether (sulfide) groups is 1. The van der Waals surface area contributed by atoms with E-state index in [9.17, 15) is 0 Å². The lowest BCUT2D eigenvalue weighted by Gasteiger charge is -2.06. The Morgan fingerprint density at radius 3 is 2.89 bits per heavy atom. The summed E-state index contributed by atoms with van der Waals surface area (Å²) in [6.07, 6.45) is 7.40. The van der Waals surface area contributed by atoms with E-state index in [1.165, 1.54) is 18.6 Å². The van der Waals surface area contributed by atoms with Crippen molar-refractivity contribution in [1.29, 1.82) is 0 Å². The summed E-state index contributed by atoms with van der Waals surface area (Å²) >= 11 is 13.8. The second kappa shape index (κ2) is 7.36. The zero-order chi connectivity index (χ0) is 13.7. The predicted molar refractivity (Wildman–Crippen MR) is 84.3 cm³/mol. The van der Waals surface area contributed by atoms with Gasteiger partial charge in [0.2, 0.25) is 0 Å². The highest BCUT2D eigenvalue weighted by Gasteiger charge is 2.11. The van der Waals surface area contributed by atoms with Crippen molar-refractivity contribution in [2.45, 2.75) is 31.7 Å². The maximum atomic E-state index is 5.96. The van der Waals surface area contributed by atoms with Crippen LogP contribution in [0.15, 0.2) is 12.3 Å². The Labute approximate surface area is 127 Å². The molecule has 0 saturated heterocycles. The van der Waals surface area contributed by atoms with E-state index in [1.807, 2.05) is 17.8 Å². The fourth-order valence-electron chi connectivity index (χ4n) is 2.06. The lowest BCUT2D eigenvalue weighted by atomic mass is 10.2. The number of rotatable bonds is 7. The van der Waals surface area contributed by atoms with Gasteiger partial charge in [-0.05, 0) is 30.9 Å². The number of fused-ring (bicyclic) bond motifs is 1. The molecule has 3 nitrogen and oxygen atoms in total. The fourth-order valence-corrected chi connectivity index (χ4v) is 2.91. The molecule has 0 aromatic carbocycles. The number of pyridine rings is 1. The second-order valence-electron chi connectivity index (χ2n) is 4.36. The van der Waals surface area contributed by atoms with Gasteiger partial charge in [-0.2, -0.15) is 11.8 Å². The highest BCUT2D eigenvalue weighted by molar-refractivity contribution is 7.98. The van der Waals surface area contributed by atoms with E-state index < -0.39 is 0 Å². The van der Waals surface area contributed by atoms with Gasteiger partial charge in [0.25, 0.3) is 0 Å². The van der Waals surface area contributed by atoms with Crippen molar-refractivity contribution in [3.05, 3.63) is 23.1 Å². The first-order valence-electron chi connectivity index (χ1n) is 6.32. The minimum Gasteiger partial charge on any atom is -0.312 e. The van der Waals surface area contributed by atoms with Crippen LogP contribution in [-0.2, 0) is 12.4 Å². The van der Waals surface area contributed by atoms with Gasteiger partial charge in [-0.25, -0.2) is 9.97 Å². The second-order valence-corrected chi connectivity index (χ2v) is 6.05. The molecule has 0 radical (unpaired) electrons. The Morgan fingerprint density at radius 2 is 2.16 bits per heavy atom. The van der Waals surface area contributed by atoms with Crippen LogP contribution in [0, 0.1) is 0 Å². The van der Waals surface area contributed by atoms with Crippen LogP contribution in [0.1, 0.15) is 25.1 Å². The molecule has 0 N–H and O–H groups in total. The zero-order valence-corrected chi connectivity index (χ0v) is 13.2. The van der Waals surface area contributed by atoms with Gasteiger partial charge >= 0.3 is 0 Å². The maximum absolute atomic E-state index is 5.96. The van der Waals surface area contributed by atoms with Crippen LogP contribution in [0.4, 0.5) is 0 Å². The van der Waals surface area contributed by atoms with Crippen LogP contribution >= 0.6 is 35.0 Å². The number of hydrogen-bond donors (Lipinski definition) is 0. The number of hydrogen-bond acceptors (Lipinski definition) is 3. The van der Waals surface area contributed by atoms with Gasteiger partial charge in [-0.1, -0.05) is 18.0 Å². The van der Waals surface area contributed by atoms with E-state index in [4.69, 9.17) is 23.2 Å². The monoisotopic (exact) mass is 317 g/mol. The van der Waals surface area contributed by atoms with Gasteiger partial charge in [0.05, 0.1) is 10.9 Å². The Balaban J connectivity index is 2.11. The Morgan fingerprint density at radius 1 is 1.32 bits per heavy atom. The number of alkyl halides is 1. The average Bonchev–Trinajstić information content (AvgIpc) is 2.75. The molecular weight excluding hydrogens is 301 g/mol.